The maximum Gasteiger partial charge on any atom is 0.494 e. The molecule has 34 heavy (non-hydrogen) atoms. The Labute approximate surface area is 201 Å². The van der Waals surface area contributed by atoms with E-state index < -0.39 is 7.12 Å². The molecule has 0 bridgehead atoms. The Kier molecular flexibility index (Phi) is 6.31. The van der Waals surface area contributed by atoms with Crippen LogP contribution in [0.5, 0.6) is 0 Å². The van der Waals surface area contributed by atoms with Crippen molar-refractivity contribution in [2.24, 2.45) is 0 Å². The van der Waals surface area contributed by atoms with Crippen LogP contribution in [0.15, 0.2) is 84.4 Å². The van der Waals surface area contributed by atoms with Crippen molar-refractivity contribution in [3.05, 3.63) is 90.0 Å². The SMILES string of the molecule is CC1(C)OB(c2ccc(N(c3ccccc3)c3ccc(C=C(C#N)C#N)cc3)cc2)OC1(C)C. The molecule has 1 fully saturated rings. The number of rotatable bonds is 5. The van der Waals surface area contributed by atoms with E-state index in [1.165, 1.54) is 0 Å². The molecule has 0 amide bonds. The van der Waals surface area contributed by atoms with E-state index in [4.69, 9.17) is 19.8 Å². The lowest BCUT2D eigenvalue weighted by atomic mass is 9.79. The van der Waals surface area contributed by atoms with Gasteiger partial charge in [0.2, 0.25) is 0 Å². The van der Waals surface area contributed by atoms with E-state index in [9.17, 15) is 0 Å². The molecule has 1 heterocycles. The fourth-order valence-electron chi connectivity index (χ4n) is 3.76. The largest absolute Gasteiger partial charge is 0.494 e. The topological polar surface area (TPSA) is 69.3 Å². The minimum atomic E-state index is -0.412. The molecule has 3 aromatic carbocycles. The quantitative estimate of drug-likeness (QED) is 0.361. The van der Waals surface area contributed by atoms with Gasteiger partial charge in [-0.2, -0.15) is 10.5 Å². The Morgan fingerprint density at radius 1 is 0.735 bits per heavy atom. The van der Waals surface area contributed by atoms with Crippen LogP contribution < -0.4 is 10.4 Å². The number of hydrogen-bond donors (Lipinski definition) is 0. The maximum absolute atomic E-state index is 9.02. The molecule has 0 aromatic heterocycles. The minimum Gasteiger partial charge on any atom is -0.399 e. The maximum atomic E-state index is 9.02. The molecule has 6 heteroatoms. The second kappa shape index (κ2) is 9.19. The molecule has 0 spiro atoms. The van der Waals surface area contributed by atoms with Gasteiger partial charge >= 0.3 is 7.12 Å². The van der Waals surface area contributed by atoms with Crippen molar-refractivity contribution < 1.29 is 9.31 Å². The van der Waals surface area contributed by atoms with Gasteiger partial charge in [-0.25, -0.2) is 0 Å². The summed E-state index contributed by atoms with van der Waals surface area (Å²) in [5.41, 5.74) is 4.03. The van der Waals surface area contributed by atoms with Crippen LogP contribution in [0.4, 0.5) is 17.1 Å². The first-order valence-electron chi connectivity index (χ1n) is 11.2. The molecule has 1 saturated heterocycles. The zero-order valence-electron chi connectivity index (χ0n) is 19.8. The van der Waals surface area contributed by atoms with Crippen LogP contribution in [0.2, 0.25) is 0 Å². The van der Waals surface area contributed by atoms with Crippen LogP contribution in [-0.2, 0) is 9.31 Å². The highest BCUT2D eigenvalue weighted by atomic mass is 16.7. The van der Waals surface area contributed by atoms with Gasteiger partial charge < -0.3 is 14.2 Å². The van der Waals surface area contributed by atoms with Gasteiger partial charge in [0.15, 0.2) is 0 Å². The second-order valence-electron chi connectivity index (χ2n) is 9.22. The van der Waals surface area contributed by atoms with Crippen molar-refractivity contribution in [1.29, 1.82) is 10.5 Å². The van der Waals surface area contributed by atoms with E-state index in [2.05, 4.69) is 29.2 Å². The lowest BCUT2D eigenvalue weighted by Crippen LogP contribution is -2.41. The summed E-state index contributed by atoms with van der Waals surface area (Å²) < 4.78 is 12.4. The summed E-state index contributed by atoms with van der Waals surface area (Å²) >= 11 is 0. The smallest absolute Gasteiger partial charge is 0.399 e. The molecule has 1 aliphatic rings. The standard InChI is InChI=1S/C28H26BN3O2/c1-27(2)28(3,4)34-29(33-27)23-12-16-26(17-13-23)32(24-8-6-5-7-9-24)25-14-10-21(11-15-25)18-22(19-30)20-31/h5-18H,1-4H3. The van der Waals surface area contributed by atoms with Gasteiger partial charge in [-0.1, -0.05) is 42.5 Å². The van der Waals surface area contributed by atoms with E-state index in [-0.39, 0.29) is 16.8 Å². The molecule has 0 radical (unpaired) electrons. The van der Waals surface area contributed by atoms with Crippen LogP contribution in [0.25, 0.3) is 6.08 Å². The molecular weight excluding hydrogens is 421 g/mol. The van der Waals surface area contributed by atoms with Crippen LogP contribution in [0.3, 0.4) is 0 Å². The molecular formula is C28H26BN3O2. The van der Waals surface area contributed by atoms with Gasteiger partial charge in [0.1, 0.15) is 17.7 Å². The highest BCUT2D eigenvalue weighted by Gasteiger charge is 2.51. The Hall–Kier alpha value is -3.84. The fourth-order valence-corrected chi connectivity index (χ4v) is 3.76. The Balaban J connectivity index is 1.66. The van der Waals surface area contributed by atoms with E-state index in [1.807, 2.05) is 94.4 Å². The van der Waals surface area contributed by atoms with Crippen molar-refractivity contribution in [2.45, 2.75) is 38.9 Å². The second-order valence-corrected chi connectivity index (χ2v) is 9.22. The molecule has 0 aliphatic carbocycles. The van der Waals surface area contributed by atoms with Gasteiger partial charge in [-0.15, -0.1) is 0 Å². The van der Waals surface area contributed by atoms with E-state index in [1.54, 1.807) is 6.08 Å². The Morgan fingerprint density at radius 2 is 1.21 bits per heavy atom. The minimum absolute atomic E-state index is 0.0750. The van der Waals surface area contributed by atoms with E-state index in [0.29, 0.717) is 0 Å². The molecule has 0 unspecified atom stereocenters. The molecule has 4 rings (SSSR count). The number of benzene rings is 3. The van der Waals surface area contributed by atoms with Crippen molar-refractivity contribution in [3.8, 4) is 12.1 Å². The molecule has 5 nitrogen and oxygen atoms in total. The highest BCUT2D eigenvalue weighted by molar-refractivity contribution is 6.62. The number of anilines is 3. The van der Waals surface area contributed by atoms with Crippen molar-refractivity contribution in [3.63, 3.8) is 0 Å². The summed E-state index contributed by atoms with van der Waals surface area (Å²) in [7, 11) is -0.412. The molecule has 0 atom stereocenters. The lowest BCUT2D eigenvalue weighted by molar-refractivity contribution is 0.00578. The summed E-state index contributed by atoms with van der Waals surface area (Å²) in [5.74, 6) is 0. The van der Waals surface area contributed by atoms with Crippen molar-refractivity contribution in [2.75, 3.05) is 4.90 Å². The van der Waals surface area contributed by atoms with E-state index >= 15 is 0 Å². The zero-order chi connectivity index (χ0) is 24.3. The summed E-state index contributed by atoms with van der Waals surface area (Å²) in [5, 5.41) is 18.0. The Morgan fingerprint density at radius 3 is 1.71 bits per heavy atom. The molecule has 168 valence electrons. The summed E-state index contributed by atoms with van der Waals surface area (Å²) in [6, 6.07) is 29.9. The predicted octanol–water partition coefficient (Wildman–Crippen LogP) is 5.89. The number of hydrogen-bond acceptors (Lipinski definition) is 5. The first-order chi connectivity index (χ1) is 16.2. The van der Waals surface area contributed by atoms with Crippen LogP contribution in [0, 0.1) is 22.7 Å². The summed E-state index contributed by atoms with van der Waals surface area (Å²) in [6.45, 7) is 8.20. The normalized spacial score (nSPS) is 15.8. The van der Waals surface area contributed by atoms with Crippen molar-refractivity contribution >= 4 is 35.7 Å². The van der Waals surface area contributed by atoms with Crippen LogP contribution in [-0.4, -0.2) is 18.3 Å². The third-order valence-corrected chi connectivity index (χ3v) is 6.39. The number of nitriles is 2. The molecule has 3 aromatic rings. The average Bonchev–Trinajstić information content (AvgIpc) is 3.06. The predicted molar refractivity (Wildman–Crippen MR) is 136 cm³/mol. The third kappa shape index (κ3) is 4.61. The molecule has 0 N–H and O–H groups in total. The van der Waals surface area contributed by atoms with Gasteiger partial charge in [-0.05, 0) is 81.2 Å². The van der Waals surface area contributed by atoms with Crippen molar-refractivity contribution in [1.82, 2.24) is 0 Å². The van der Waals surface area contributed by atoms with Crippen LogP contribution >= 0.6 is 0 Å². The average molecular weight is 447 g/mol. The Bertz CT molecular complexity index is 1240. The zero-order valence-corrected chi connectivity index (χ0v) is 19.8. The number of para-hydroxylation sites is 1. The van der Waals surface area contributed by atoms with Gasteiger partial charge in [0.05, 0.1) is 11.2 Å². The summed E-state index contributed by atoms with van der Waals surface area (Å²) in [6.07, 6.45) is 1.58. The van der Waals surface area contributed by atoms with Crippen LogP contribution in [0.1, 0.15) is 33.3 Å². The van der Waals surface area contributed by atoms with Gasteiger partial charge in [-0.3, -0.25) is 0 Å². The fraction of sp³-hybridized carbons (Fsp3) is 0.214. The lowest BCUT2D eigenvalue weighted by Gasteiger charge is -2.32. The monoisotopic (exact) mass is 447 g/mol. The first-order valence-corrected chi connectivity index (χ1v) is 11.2. The number of allylic oxidation sites excluding steroid dienone is 1. The number of nitrogens with zero attached hydrogens (tertiary/aromatic N) is 3. The molecule has 0 saturated carbocycles. The first kappa shape index (κ1) is 23.3. The van der Waals surface area contributed by atoms with Gasteiger partial charge in [0, 0.05) is 17.1 Å². The molecule has 1 aliphatic heterocycles. The summed E-state index contributed by atoms with van der Waals surface area (Å²) in [4.78, 5) is 2.15. The highest BCUT2D eigenvalue weighted by Crippen LogP contribution is 2.37. The third-order valence-electron chi connectivity index (χ3n) is 6.39. The van der Waals surface area contributed by atoms with E-state index in [0.717, 1.165) is 28.1 Å². The van der Waals surface area contributed by atoms with Gasteiger partial charge in [0.25, 0.3) is 0 Å².